The first-order chi connectivity index (χ1) is 1.91. The number of hydrogen-bond donors (Lipinski definition) is 2. The molecule has 0 saturated heterocycles. The third kappa shape index (κ3) is 13.4. The summed E-state index contributed by atoms with van der Waals surface area (Å²) in [7, 11) is -0.0988. The lowest BCUT2D eigenvalue weighted by Crippen LogP contribution is -1.66. The van der Waals surface area contributed by atoms with Crippen molar-refractivity contribution < 1.29 is 4.89 Å². The highest BCUT2D eigenvalue weighted by atomic mass is 35.5. The SMILES string of the molecule is Cl.NN=PO. The van der Waals surface area contributed by atoms with E-state index < -0.39 is 0 Å². The summed E-state index contributed by atoms with van der Waals surface area (Å²) in [5.41, 5.74) is 0. The molecular weight excluding hydrogens is 110 g/mol. The molecule has 0 heterocycles. The van der Waals surface area contributed by atoms with Crippen LogP contribution >= 0.6 is 21.0 Å². The Morgan fingerprint density at radius 3 is 2.00 bits per heavy atom. The molecule has 0 fully saturated rings. The van der Waals surface area contributed by atoms with Gasteiger partial charge in [-0.15, -0.1) is 12.4 Å². The van der Waals surface area contributed by atoms with E-state index in [4.69, 9.17) is 4.89 Å². The van der Waals surface area contributed by atoms with E-state index in [1.54, 1.807) is 0 Å². The molecule has 0 atom stereocenters. The van der Waals surface area contributed by atoms with Crippen molar-refractivity contribution in [2.24, 2.45) is 10.7 Å². The summed E-state index contributed by atoms with van der Waals surface area (Å²) in [4.78, 5) is 10.3. The maximum Gasteiger partial charge on any atom is 0.187 e. The molecule has 32 valence electrons. The predicted molar refractivity (Wildman–Crippen MR) is 23.0 cm³/mol. The molecule has 0 amide bonds. The number of nitrogens with zero attached hydrogens (tertiary/aromatic N) is 1. The van der Waals surface area contributed by atoms with Gasteiger partial charge in [0.05, 0.1) is 0 Å². The van der Waals surface area contributed by atoms with E-state index in [1.165, 1.54) is 0 Å². The highest BCUT2D eigenvalue weighted by Gasteiger charge is 1.35. The largest absolute Gasteiger partial charge is 0.326 e. The van der Waals surface area contributed by atoms with Gasteiger partial charge < -0.3 is 4.89 Å². The lowest BCUT2D eigenvalue weighted by Gasteiger charge is -1.51. The first-order valence-electron chi connectivity index (χ1n) is 0.658. The second-order valence-electron chi connectivity index (χ2n) is 0.205. The van der Waals surface area contributed by atoms with Crippen LogP contribution in [0.1, 0.15) is 0 Å². The fourth-order valence-corrected chi connectivity index (χ4v) is 0. The summed E-state index contributed by atoms with van der Waals surface area (Å²) in [6.45, 7) is 0. The molecule has 0 aromatic carbocycles. The molecule has 5 heavy (non-hydrogen) atoms. The Labute approximate surface area is 37.5 Å². The molecule has 0 aliphatic rings. The molecule has 0 aromatic heterocycles. The first kappa shape index (κ1) is 9.00. The van der Waals surface area contributed by atoms with Gasteiger partial charge in [0.2, 0.25) is 0 Å². The molecule has 0 rings (SSSR count). The van der Waals surface area contributed by atoms with Crippen LogP contribution in [0.2, 0.25) is 0 Å². The van der Waals surface area contributed by atoms with Crippen molar-refractivity contribution in [2.75, 3.05) is 0 Å². The van der Waals surface area contributed by atoms with Crippen LogP contribution in [0.5, 0.6) is 0 Å². The topological polar surface area (TPSA) is 58.6 Å². The average Bonchev–Trinajstić information content (AvgIpc) is 1.37. The van der Waals surface area contributed by atoms with E-state index in [0.717, 1.165) is 0 Å². The summed E-state index contributed by atoms with van der Waals surface area (Å²) in [5, 5.41) is 0. The lowest BCUT2D eigenvalue weighted by molar-refractivity contribution is 0.653. The molecule has 5 heteroatoms. The van der Waals surface area contributed by atoms with Crippen molar-refractivity contribution in [3.05, 3.63) is 0 Å². The first-order valence-corrected chi connectivity index (χ1v) is 1.46. The zero-order valence-electron chi connectivity index (χ0n) is 2.33. The van der Waals surface area contributed by atoms with Crippen molar-refractivity contribution in [2.45, 2.75) is 0 Å². The Hall–Kier alpha value is 0.310. The van der Waals surface area contributed by atoms with Gasteiger partial charge in [-0.05, 0) is 0 Å². The van der Waals surface area contributed by atoms with E-state index in [9.17, 15) is 0 Å². The van der Waals surface area contributed by atoms with Gasteiger partial charge in [0.1, 0.15) is 0 Å². The van der Waals surface area contributed by atoms with Crippen LogP contribution in [-0.2, 0) is 0 Å². The van der Waals surface area contributed by atoms with Gasteiger partial charge in [-0.1, -0.05) is 0 Å². The van der Waals surface area contributed by atoms with Crippen LogP contribution in [0.4, 0.5) is 0 Å². The van der Waals surface area contributed by atoms with Crippen LogP contribution in [0.25, 0.3) is 0 Å². The molecule has 3 N–H and O–H groups in total. The fourth-order valence-electron chi connectivity index (χ4n) is 0. The van der Waals surface area contributed by atoms with Crippen LogP contribution in [-0.4, -0.2) is 4.89 Å². The van der Waals surface area contributed by atoms with Crippen molar-refractivity contribution in [1.29, 1.82) is 0 Å². The van der Waals surface area contributed by atoms with Gasteiger partial charge in [-0.3, -0.25) is 0 Å². The van der Waals surface area contributed by atoms with Gasteiger partial charge in [-0.2, -0.15) is 4.85 Å². The smallest absolute Gasteiger partial charge is 0.187 e. The highest BCUT2D eigenvalue weighted by Crippen LogP contribution is 1.76. The van der Waals surface area contributed by atoms with Gasteiger partial charge in [0, 0.05) is 0 Å². The highest BCUT2D eigenvalue weighted by molar-refractivity contribution is 7.19. The molecule has 0 radical (unpaired) electrons. The summed E-state index contributed by atoms with van der Waals surface area (Å²) in [6, 6.07) is 0. The Kier molecular flexibility index (Phi) is 15.9. The Morgan fingerprint density at radius 1 is 1.80 bits per heavy atom. The normalized spacial score (nSPS) is 7.60. The van der Waals surface area contributed by atoms with E-state index in [0.29, 0.717) is 0 Å². The quantitative estimate of drug-likeness (QED) is 0.271. The second kappa shape index (κ2) is 8.85. The molecular formula is H4ClN2OP. The fraction of sp³-hybridized carbons (Fsp3) is 0. The Balaban J connectivity index is 0. The van der Waals surface area contributed by atoms with E-state index in [2.05, 4.69) is 10.7 Å². The lowest BCUT2D eigenvalue weighted by atomic mass is 13.0. The molecule has 0 bridgehead atoms. The van der Waals surface area contributed by atoms with Gasteiger partial charge >= 0.3 is 0 Å². The van der Waals surface area contributed by atoms with Crippen molar-refractivity contribution in [1.82, 2.24) is 0 Å². The van der Waals surface area contributed by atoms with Crippen LogP contribution in [0.3, 0.4) is 0 Å². The minimum absolute atomic E-state index is 0. The maximum atomic E-state index is 7.56. The van der Waals surface area contributed by atoms with Crippen molar-refractivity contribution in [3.63, 3.8) is 0 Å². The molecule has 0 aliphatic carbocycles. The summed E-state index contributed by atoms with van der Waals surface area (Å²) < 4.78 is 0. The minimum atomic E-state index is -0.0988. The monoisotopic (exact) mass is 114 g/mol. The van der Waals surface area contributed by atoms with Gasteiger partial charge in [0.25, 0.3) is 0 Å². The summed E-state index contributed by atoms with van der Waals surface area (Å²) in [6.07, 6.45) is 0. The van der Waals surface area contributed by atoms with Gasteiger partial charge in [0.15, 0.2) is 8.60 Å². The molecule has 0 spiro atoms. The predicted octanol–water partition coefficient (Wildman–Crippen LogP) is 0.319. The van der Waals surface area contributed by atoms with E-state index in [1.807, 2.05) is 0 Å². The second-order valence-corrected chi connectivity index (χ2v) is 0.615. The number of nitrogens with two attached hydrogens (primary N) is 1. The number of hydrogen-bond acceptors (Lipinski definition) is 1. The number of rotatable bonds is 0. The van der Waals surface area contributed by atoms with Crippen LogP contribution in [0, 0.1) is 0 Å². The molecule has 0 aliphatic heterocycles. The zero-order valence-corrected chi connectivity index (χ0v) is 4.04. The molecule has 0 aromatic rings. The van der Waals surface area contributed by atoms with Crippen molar-refractivity contribution in [3.8, 4) is 0 Å². The third-order valence-electron chi connectivity index (χ3n) is 0.0516. The number of halogens is 1. The Bertz CT molecular complexity index is 24.8. The molecule has 0 unspecified atom stereocenters. The van der Waals surface area contributed by atoms with E-state index in [-0.39, 0.29) is 21.0 Å². The maximum absolute atomic E-state index is 7.56. The van der Waals surface area contributed by atoms with E-state index >= 15 is 0 Å². The average molecular weight is 114 g/mol. The van der Waals surface area contributed by atoms with Crippen LogP contribution in [0.15, 0.2) is 4.85 Å². The van der Waals surface area contributed by atoms with Crippen molar-refractivity contribution >= 4 is 21.0 Å². The molecule has 3 nitrogen and oxygen atoms in total. The minimum Gasteiger partial charge on any atom is -0.326 e. The standard InChI is InChI=1S/ClH.H3N2OP/c;1-2-4-3/h1H;1H2,(H,2,3). The third-order valence-corrected chi connectivity index (χ3v) is 0.155. The Morgan fingerprint density at radius 2 is 2.00 bits per heavy atom. The zero-order chi connectivity index (χ0) is 3.41. The van der Waals surface area contributed by atoms with Gasteiger partial charge in [-0.25, -0.2) is 5.84 Å². The molecule has 0 saturated carbocycles. The summed E-state index contributed by atoms with van der Waals surface area (Å²) >= 11 is 0. The summed E-state index contributed by atoms with van der Waals surface area (Å²) in [5.74, 6) is 4.39. The van der Waals surface area contributed by atoms with Crippen LogP contribution < -0.4 is 5.84 Å².